The molecule has 5 nitrogen and oxygen atoms in total. The summed E-state index contributed by atoms with van der Waals surface area (Å²) in [6.45, 7) is 2.04. The molecule has 0 fully saturated rings. The molecule has 1 aromatic carbocycles. The van der Waals surface area contributed by atoms with Gasteiger partial charge in [0.15, 0.2) is 5.69 Å². The number of amides is 1. The van der Waals surface area contributed by atoms with Gasteiger partial charge in [-0.15, -0.1) is 11.3 Å². The van der Waals surface area contributed by atoms with Gasteiger partial charge >= 0.3 is 5.97 Å². The molecule has 21 heavy (non-hydrogen) atoms. The van der Waals surface area contributed by atoms with Crippen LogP contribution in [-0.4, -0.2) is 28.5 Å². The number of halogens is 1. The number of aromatic carboxylic acids is 1. The van der Waals surface area contributed by atoms with E-state index in [-0.39, 0.29) is 17.8 Å². The third-order valence-electron chi connectivity index (χ3n) is 2.76. The summed E-state index contributed by atoms with van der Waals surface area (Å²) in [4.78, 5) is 26.4. The van der Waals surface area contributed by atoms with Crippen LogP contribution in [0.25, 0.3) is 0 Å². The molecule has 0 bridgehead atoms. The highest BCUT2D eigenvalue weighted by Crippen LogP contribution is 2.11. The number of rotatable bonds is 5. The quantitative estimate of drug-likeness (QED) is 0.888. The molecule has 0 spiro atoms. The highest BCUT2D eigenvalue weighted by atomic mass is 32.1. The summed E-state index contributed by atoms with van der Waals surface area (Å²) in [6.07, 6.45) is 0.400. The molecule has 2 rings (SSSR count). The smallest absolute Gasteiger partial charge is 0.355 e. The molecule has 1 aromatic heterocycles. The van der Waals surface area contributed by atoms with Gasteiger partial charge in [0.05, 0.1) is 10.6 Å². The van der Waals surface area contributed by atoms with E-state index in [1.807, 2.05) is 0 Å². The minimum Gasteiger partial charge on any atom is -0.476 e. The molecule has 1 heterocycles. The fourth-order valence-electron chi connectivity index (χ4n) is 1.72. The van der Waals surface area contributed by atoms with Gasteiger partial charge in [0.2, 0.25) is 0 Å². The number of carbonyl (C=O) groups is 2. The lowest BCUT2D eigenvalue weighted by Gasteiger charge is -2.06. The van der Waals surface area contributed by atoms with Gasteiger partial charge in [0, 0.05) is 18.3 Å². The summed E-state index contributed by atoms with van der Waals surface area (Å²) in [5.41, 5.74) is 0.791. The van der Waals surface area contributed by atoms with Crippen LogP contribution < -0.4 is 5.32 Å². The van der Waals surface area contributed by atoms with Crippen LogP contribution in [0.2, 0.25) is 0 Å². The van der Waals surface area contributed by atoms with E-state index in [2.05, 4.69) is 10.3 Å². The first-order chi connectivity index (χ1) is 9.97. The Balaban J connectivity index is 1.92. The van der Waals surface area contributed by atoms with Crippen molar-refractivity contribution in [1.29, 1.82) is 0 Å². The van der Waals surface area contributed by atoms with Crippen molar-refractivity contribution in [2.24, 2.45) is 0 Å². The van der Waals surface area contributed by atoms with Crippen LogP contribution in [0.5, 0.6) is 0 Å². The van der Waals surface area contributed by atoms with E-state index in [9.17, 15) is 14.0 Å². The van der Waals surface area contributed by atoms with E-state index in [0.717, 1.165) is 5.56 Å². The lowest BCUT2D eigenvalue weighted by atomic mass is 10.1. The van der Waals surface area contributed by atoms with Gasteiger partial charge in [-0.1, -0.05) is 11.6 Å². The standard InChI is InChI=1S/C14H13FN2O3S/c1-8-2-3-10(15)9(6-8)13(18)16-5-4-12-17-11(7-21-12)14(19)20/h2-3,6-7H,4-5H2,1H3,(H,16,18)(H,19,20). The molecule has 0 aliphatic rings. The Bertz CT molecular complexity index is 685. The van der Waals surface area contributed by atoms with Crippen molar-refractivity contribution < 1.29 is 19.1 Å². The van der Waals surface area contributed by atoms with Crippen molar-refractivity contribution in [2.45, 2.75) is 13.3 Å². The molecule has 0 unspecified atom stereocenters. The monoisotopic (exact) mass is 308 g/mol. The van der Waals surface area contributed by atoms with Gasteiger partial charge in [0.1, 0.15) is 5.82 Å². The molecule has 110 valence electrons. The Morgan fingerprint density at radius 1 is 1.43 bits per heavy atom. The fourth-order valence-corrected chi connectivity index (χ4v) is 2.49. The minimum absolute atomic E-state index is 0.000337. The van der Waals surface area contributed by atoms with Crippen LogP contribution in [0.3, 0.4) is 0 Å². The molecule has 7 heteroatoms. The number of nitrogens with one attached hydrogen (secondary N) is 1. The molecular formula is C14H13FN2O3S. The summed E-state index contributed by atoms with van der Waals surface area (Å²) in [5, 5.41) is 13.4. The van der Waals surface area contributed by atoms with Crippen molar-refractivity contribution in [3.63, 3.8) is 0 Å². The number of aryl methyl sites for hydroxylation is 1. The van der Waals surface area contributed by atoms with Crippen molar-refractivity contribution in [3.8, 4) is 0 Å². The van der Waals surface area contributed by atoms with Gasteiger partial charge in [0.25, 0.3) is 5.91 Å². The average Bonchev–Trinajstić information content (AvgIpc) is 2.90. The average molecular weight is 308 g/mol. The normalized spacial score (nSPS) is 10.4. The van der Waals surface area contributed by atoms with E-state index >= 15 is 0 Å². The number of carboxylic acids is 1. The fraction of sp³-hybridized carbons (Fsp3) is 0.214. The number of benzene rings is 1. The summed E-state index contributed by atoms with van der Waals surface area (Å²) >= 11 is 1.21. The molecule has 0 saturated carbocycles. The predicted octanol–water partition coefficient (Wildman–Crippen LogP) is 2.26. The van der Waals surface area contributed by atoms with E-state index in [1.165, 1.54) is 28.8 Å². The van der Waals surface area contributed by atoms with Crippen LogP contribution in [0, 0.1) is 12.7 Å². The molecule has 0 radical (unpaired) electrons. The summed E-state index contributed by atoms with van der Waals surface area (Å²) in [6, 6.07) is 4.33. The van der Waals surface area contributed by atoms with Crippen molar-refractivity contribution >= 4 is 23.2 Å². The van der Waals surface area contributed by atoms with Crippen LogP contribution in [0.4, 0.5) is 4.39 Å². The topological polar surface area (TPSA) is 79.3 Å². The first kappa shape index (κ1) is 15.1. The Morgan fingerprint density at radius 2 is 2.19 bits per heavy atom. The van der Waals surface area contributed by atoms with Crippen LogP contribution in [-0.2, 0) is 6.42 Å². The zero-order valence-corrected chi connectivity index (χ0v) is 12.0. The Morgan fingerprint density at radius 3 is 2.86 bits per heavy atom. The third-order valence-corrected chi connectivity index (χ3v) is 3.67. The van der Waals surface area contributed by atoms with Gasteiger partial charge in [-0.05, 0) is 19.1 Å². The second-order valence-electron chi connectivity index (χ2n) is 4.42. The van der Waals surface area contributed by atoms with Crippen LogP contribution >= 0.6 is 11.3 Å². The van der Waals surface area contributed by atoms with Gasteiger partial charge in [-0.25, -0.2) is 14.2 Å². The predicted molar refractivity (Wildman–Crippen MR) is 76.2 cm³/mol. The summed E-state index contributed by atoms with van der Waals surface area (Å²) < 4.78 is 13.5. The highest BCUT2D eigenvalue weighted by Gasteiger charge is 2.12. The second-order valence-corrected chi connectivity index (χ2v) is 5.36. The summed E-state index contributed by atoms with van der Waals surface area (Å²) in [7, 11) is 0. The molecule has 0 aliphatic carbocycles. The SMILES string of the molecule is Cc1ccc(F)c(C(=O)NCCc2nc(C(=O)O)cs2)c1. The van der Waals surface area contributed by atoms with Gasteiger partial charge < -0.3 is 10.4 Å². The number of thiazole rings is 1. The Labute approximate surface area is 124 Å². The number of hydrogen-bond donors (Lipinski definition) is 2. The van der Waals surface area contributed by atoms with E-state index in [1.54, 1.807) is 13.0 Å². The third kappa shape index (κ3) is 3.85. The first-order valence-electron chi connectivity index (χ1n) is 6.19. The number of carbonyl (C=O) groups excluding carboxylic acids is 1. The van der Waals surface area contributed by atoms with E-state index < -0.39 is 17.7 Å². The van der Waals surface area contributed by atoms with Crippen LogP contribution in [0.1, 0.15) is 31.4 Å². The molecule has 2 aromatic rings. The summed E-state index contributed by atoms with van der Waals surface area (Å²) in [5.74, 6) is -2.14. The van der Waals surface area contributed by atoms with Gasteiger partial charge in [-0.2, -0.15) is 0 Å². The molecule has 2 N–H and O–H groups in total. The molecular weight excluding hydrogens is 295 g/mol. The molecule has 0 saturated heterocycles. The molecule has 1 amide bonds. The van der Waals surface area contributed by atoms with Crippen molar-refractivity contribution in [1.82, 2.24) is 10.3 Å². The Kier molecular flexibility index (Phi) is 4.64. The number of nitrogens with zero attached hydrogens (tertiary/aromatic N) is 1. The zero-order chi connectivity index (χ0) is 15.4. The van der Waals surface area contributed by atoms with Crippen LogP contribution in [0.15, 0.2) is 23.6 Å². The molecule has 0 atom stereocenters. The number of carboxylic acid groups (broad SMARTS) is 1. The lowest BCUT2D eigenvalue weighted by Crippen LogP contribution is -2.26. The minimum atomic E-state index is -1.08. The largest absolute Gasteiger partial charge is 0.476 e. The maximum Gasteiger partial charge on any atom is 0.355 e. The maximum absolute atomic E-state index is 13.5. The van der Waals surface area contributed by atoms with Crippen molar-refractivity contribution in [3.05, 3.63) is 51.2 Å². The second kappa shape index (κ2) is 6.45. The van der Waals surface area contributed by atoms with Crippen molar-refractivity contribution in [2.75, 3.05) is 6.54 Å². The highest BCUT2D eigenvalue weighted by molar-refractivity contribution is 7.09. The van der Waals surface area contributed by atoms with E-state index in [4.69, 9.17) is 5.11 Å². The van der Waals surface area contributed by atoms with Gasteiger partial charge in [-0.3, -0.25) is 4.79 Å². The number of aromatic nitrogens is 1. The zero-order valence-electron chi connectivity index (χ0n) is 11.2. The lowest BCUT2D eigenvalue weighted by molar-refractivity contribution is 0.0690. The molecule has 0 aliphatic heterocycles. The maximum atomic E-state index is 13.5. The number of hydrogen-bond acceptors (Lipinski definition) is 4. The Hall–Kier alpha value is -2.28. The first-order valence-corrected chi connectivity index (χ1v) is 7.07. The van der Waals surface area contributed by atoms with E-state index in [0.29, 0.717) is 11.4 Å².